The molecule has 0 radical (unpaired) electrons. The minimum Gasteiger partial charge on any atom is -0.354 e. The van der Waals surface area contributed by atoms with Crippen LogP contribution < -0.4 is 11.1 Å². The van der Waals surface area contributed by atoms with Gasteiger partial charge in [-0.05, 0) is 42.9 Å². The third kappa shape index (κ3) is 3.80. The summed E-state index contributed by atoms with van der Waals surface area (Å²) >= 11 is 0. The Balaban J connectivity index is 0.00000208. The molecule has 0 aromatic heterocycles. The summed E-state index contributed by atoms with van der Waals surface area (Å²) in [6.07, 6.45) is 3.43. The highest BCUT2D eigenvalue weighted by Crippen LogP contribution is 2.31. The van der Waals surface area contributed by atoms with Gasteiger partial charge in [0.25, 0.3) is 0 Å². The Bertz CT molecular complexity index is 685. The maximum absolute atomic E-state index is 12.6. The molecule has 3 N–H and O–H groups in total. The lowest BCUT2D eigenvalue weighted by molar-refractivity contribution is -0.126. The highest BCUT2D eigenvalue weighted by Gasteiger charge is 2.31. The topological polar surface area (TPSA) is 55.1 Å². The van der Waals surface area contributed by atoms with Crippen molar-refractivity contribution in [3.63, 3.8) is 0 Å². The zero-order valence-corrected chi connectivity index (χ0v) is 14.8. The van der Waals surface area contributed by atoms with Crippen LogP contribution in [0.5, 0.6) is 0 Å². The Morgan fingerprint density at radius 2 is 1.83 bits per heavy atom. The number of hydrogen-bond acceptors (Lipinski definition) is 2. The van der Waals surface area contributed by atoms with Crippen molar-refractivity contribution in [1.82, 2.24) is 5.32 Å². The van der Waals surface area contributed by atoms with Gasteiger partial charge in [-0.1, -0.05) is 54.6 Å². The first kappa shape index (κ1) is 18.5. The molecule has 2 atom stereocenters. The number of aryl methyl sites for hydroxylation is 1. The van der Waals surface area contributed by atoms with Gasteiger partial charge in [-0.25, -0.2) is 0 Å². The molecule has 3 nitrogen and oxygen atoms in total. The number of nitrogens with one attached hydrogen (secondary N) is 1. The number of carbonyl (C=O) groups is 1. The van der Waals surface area contributed by atoms with Crippen molar-refractivity contribution in [2.24, 2.45) is 5.73 Å². The fourth-order valence-electron chi connectivity index (χ4n) is 3.38. The second kappa shape index (κ2) is 7.82. The molecule has 2 unspecified atom stereocenters. The first-order valence-corrected chi connectivity index (χ1v) is 8.29. The number of benzene rings is 2. The van der Waals surface area contributed by atoms with Gasteiger partial charge in [-0.15, -0.1) is 12.4 Å². The summed E-state index contributed by atoms with van der Waals surface area (Å²) in [5.74, 6) is 0.266. The first-order valence-electron chi connectivity index (χ1n) is 8.29. The molecule has 4 heteroatoms. The van der Waals surface area contributed by atoms with E-state index in [1.54, 1.807) is 6.92 Å². The fraction of sp³-hybridized carbons (Fsp3) is 0.350. The molecular weight excluding hydrogens is 320 g/mol. The molecule has 0 saturated heterocycles. The average Bonchev–Trinajstić information content (AvgIpc) is 2.60. The lowest BCUT2D eigenvalue weighted by Gasteiger charge is -2.28. The van der Waals surface area contributed by atoms with Crippen LogP contribution in [0, 0.1) is 0 Å². The normalized spacial score (nSPS) is 18.7. The third-order valence-corrected chi connectivity index (χ3v) is 4.85. The number of halogens is 1. The van der Waals surface area contributed by atoms with Crippen LogP contribution in [0.15, 0.2) is 54.6 Å². The Labute approximate surface area is 150 Å². The SMILES string of the molecule is CC(N)(C(=O)NCC1CCCc2ccccc21)c1ccccc1.Cl. The van der Waals surface area contributed by atoms with E-state index in [9.17, 15) is 4.79 Å². The van der Waals surface area contributed by atoms with Crippen LogP contribution in [-0.2, 0) is 16.8 Å². The number of amides is 1. The Morgan fingerprint density at radius 1 is 1.17 bits per heavy atom. The summed E-state index contributed by atoms with van der Waals surface area (Å²) in [6.45, 7) is 2.42. The Morgan fingerprint density at radius 3 is 2.58 bits per heavy atom. The minimum absolute atomic E-state index is 0. The summed E-state index contributed by atoms with van der Waals surface area (Å²) in [5.41, 5.74) is 8.90. The second-order valence-corrected chi connectivity index (χ2v) is 6.57. The predicted octanol–water partition coefficient (Wildman–Crippen LogP) is 3.52. The van der Waals surface area contributed by atoms with E-state index in [1.807, 2.05) is 30.3 Å². The minimum atomic E-state index is -1.00. The van der Waals surface area contributed by atoms with Gasteiger partial charge >= 0.3 is 0 Å². The van der Waals surface area contributed by atoms with Gasteiger partial charge in [0.2, 0.25) is 5.91 Å². The van der Waals surface area contributed by atoms with Crippen molar-refractivity contribution < 1.29 is 4.79 Å². The monoisotopic (exact) mass is 344 g/mol. The van der Waals surface area contributed by atoms with E-state index in [1.165, 1.54) is 17.5 Å². The summed E-state index contributed by atoms with van der Waals surface area (Å²) in [7, 11) is 0. The van der Waals surface area contributed by atoms with E-state index < -0.39 is 5.54 Å². The van der Waals surface area contributed by atoms with E-state index in [0.717, 1.165) is 18.4 Å². The molecule has 1 amide bonds. The van der Waals surface area contributed by atoms with Crippen molar-refractivity contribution >= 4 is 18.3 Å². The van der Waals surface area contributed by atoms with E-state index in [0.29, 0.717) is 12.5 Å². The first-order chi connectivity index (χ1) is 11.1. The molecule has 0 saturated carbocycles. The lowest BCUT2D eigenvalue weighted by Crippen LogP contribution is -2.50. The van der Waals surface area contributed by atoms with Gasteiger partial charge in [0.15, 0.2) is 0 Å². The summed E-state index contributed by atoms with van der Waals surface area (Å²) in [6, 6.07) is 18.1. The summed E-state index contributed by atoms with van der Waals surface area (Å²) in [5, 5.41) is 3.07. The van der Waals surface area contributed by atoms with E-state index >= 15 is 0 Å². The van der Waals surface area contributed by atoms with Crippen LogP contribution in [0.2, 0.25) is 0 Å². The quantitative estimate of drug-likeness (QED) is 0.891. The van der Waals surface area contributed by atoms with Gasteiger partial charge in [0.1, 0.15) is 5.54 Å². The standard InChI is InChI=1S/C20H24N2O.ClH/c1-20(21,17-11-3-2-4-12-17)19(23)22-14-16-10-7-9-15-8-5-6-13-18(15)16;/h2-6,8,11-13,16H,7,9-10,14,21H2,1H3,(H,22,23);1H. The number of carbonyl (C=O) groups excluding carboxylic acids is 1. The molecule has 0 spiro atoms. The van der Waals surface area contributed by atoms with Crippen molar-refractivity contribution in [3.8, 4) is 0 Å². The van der Waals surface area contributed by atoms with Crippen LogP contribution in [0.4, 0.5) is 0 Å². The molecule has 3 rings (SSSR count). The van der Waals surface area contributed by atoms with E-state index in [2.05, 4.69) is 29.6 Å². The molecule has 0 aliphatic heterocycles. The highest BCUT2D eigenvalue weighted by atomic mass is 35.5. The zero-order valence-electron chi connectivity index (χ0n) is 14.0. The maximum atomic E-state index is 12.6. The van der Waals surface area contributed by atoms with Crippen LogP contribution in [-0.4, -0.2) is 12.5 Å². The Hall–Kier alpha value is -1.84. The highest BCUT2D eigenvalue weighted by molar-refractivity contribution is 5.87. The summed E-state index contributed by atoms with van der Waals surface area (Å²) < 4.78 is 0. The van der Waals surface area contributed by atoms with Gasteiger partial charge in [-0.3, -0.25) is 4.79 Å². The zero-order chi connectivity index (χ0) is 16.3. The van der Waals surface area contributed by atoms with E-state index in [4.69, 9.17) is 5.73 Å². The molecule has 0 bridgehead atoms. The van der Waals surface area contributed by atoms with Gasteiger partial charge in [0, 0.05) is 12.5 Å². The van der Waals surface area contributed by atoms with Crippen molar-refractivity contribution in [3.05, 3.63) is 71.3 Å². The number of hydrogen-bond donors (Lipinski definition) is 2. The van der Waals surface area contributed by atoms with Crippen molar-refractivity contribution in [2.75, 3.05) is 6.54 Å². The molecule has 1 aliphatic carbocycles. The van der Waals surface area contributed by atoms with Crippen molar-refractivity contribution in [2.45, 2.75) is 37.6 Å². The molecular formula is C20H25ClN2O. The molecule has 0 heterocycles. The molecule has 2 aromatic carbocycles. The molecule has 128 valence electrons. The van der Waals surface area contributed by atoms with Crippen LogP contribution in [0.1, 0.15) is 42.4 Å². The number of nitrogens with two attached hydrogens (primary N) is 1. The third-order valence-electron chi connectivity index (χ3n) is 4.85. The summed E-state index contributed by atoms with van der Waals surface area (Å²) in [4.78, 5) is 12.6. The number of fused-ring (bicyclic) bond motifs is 1. The Kier molecular flexibility index (Phi) is 6.03. The van der Waals surface area contributed by atoms with E-state index in [-0.39, 0.29) is 18.3 Å². The molecule has 1 aliphatic rings. The fourth-order valence-corrected chi connectivity index (χ4v) is 3.38. The molecule has 2 aromatic rings. The van der Waals surface area contributed by atoms with Crippen LogP contribution in [0.25, 0.3) is 0 Å². The largest absolute Gasteiger partial charge is 0.354 e. The van der Waals surface area contributed by atoms with Gasteiger partial charge in [-0.2, -0.15) is 0 Å². The second-order valence-electron chi connectivity index (χ2n) is 6.57. The van der Waals surface area contributed by atoms with Crippen LogP contribution >= 0.6 is 12.4 Å². The lowest BCUT2D eigenvalue weighted by atomic mass is 9.82. The molecule has 0 fully saturated rings. The van der Waals surface area contributed by atoms with Crippen molar-refractivity contribution in [1.29, 1.82) is 0 Å². The number of rotatable bonds is 4. The average molecular weight is 345 g/mol. The predicted molar refractivity (Wildman–Crippen MR) is 100 cm³/mol. The van der Waals surface area contributed by atoms with Crippen LogP contribution in [0.3, 0.4) is 0 Å². The van der Waals surface area contributed by atoms with Gasteiger partial charge in [0.05, 0.1) is 0 Å². The maximum Gasteiger partial charge on any atom is 0.244 e. The van der Waals surface area contributed by atoms with Gasteiger partial charge < -0.3 is 11.1 Å². The smallest absolute Gasteiger partial charge is 0.244 e. The molecule has 24 heavy (non-hydrogen) atoms.